The van der Waals surface area contributed by atoms with Gasteiger partial charge in [0.2, 0.25) is 5.91 Å². The molecule has 3 rings (SSSR count). The second-order valence-corrected chi connectivity index (χ2v) is 5.24. The number of imidazole rings is 1. The molecule has 0 atom stereocenters. The monoisotopic (exact) mass is 293 g/mol. The third-order valence-corrected chi connectivity index (χ3v) is 3.86. The van der Waals surface area contributed by atoms with Gasteiger partial charge in [0.25, 0.3) is 0 Å². The third-order valence-electron chi connectivity index (χ3n) is 3.86. The number of amides is 1. The van der Waals surface area contributed by atoms with Crippen LogP contribution >= 0.6 is 0 Å². The Bertz CT molecular complexity index is 792. The molecule has 0 aliphatic carbocycles. The second kappa shape index (κ2) is 6.02. The lowest BCUT2D eigenvalue weighted by molar-refractivity contribution is -0.118. The first kappa shape index (κ1) is 14.3. The number of anilines is 1. The number of hydrogen-bond acceptors (Lipinski definition) is 2. The van der Waals surface area contributed by atoms with E-state index in [0.717, 1.165) is 29.0 Å². The fraction of sp³-hybridized carbons (Fsp3) is 0.222. The van der Waals surface area contributed by atoms with E-state index in [1.54, 1.807) is 4.90 Å². The maximum Gasteiger partial charge on any atom is 0.246 e. The Labute approximate surface area is 130 Å². The van der Waals surface area contributed by atoms with E-state index in [2.05, 4.69) is 11.9 Å². The number of carbonyl (C=O) groups excluding carboxylic acids is 1. The van der Waals surface area contributed by atoms with Crippen LogP contribution in [0, 0.1) is 0 Å². The highest BCUT2D eigenvalue weighted by Crippen LogP contribution is 2.18. The predicted octanol–water partition coefficient (Wildman–Crippen LogP) is 3.26. The number of nitrogens with zero attached hydrogens (tertiary/aromatic N) is 3. The van der Waals surface area contributed by atoms with Crippen LogP contribution in [0.1, 0.15) is 12.7 Å². The van der Waals surface area contributed by atoms with Crippen molar-refractivity contribution in [2.75, 3.05) is 11.9 Å². The lowest BCUT2D eigenvalue weighted by Gasteiger charge is -2.18. The molecule has 0 fully saturated rings. The van der Waals surface area contributed by atoms with Gasteiger partial charge in [-0.3, -0.25) is 4.79 Å². The number of fused-ring (bicyclic) bond motifs is 1. The molecule has 4 heteroatoms. The van der Waals surface area contributed by atoms with Crippen LogP contribution in [-0.4, -0.2) is 22.5 Å². The molecule has 0 bridgehead atoms. The van der Waals surface area contributed by atoms with Crippen molar-refractivity contribution in [2.45, 2.75) is 19.9 Å². The van der Waals surface area contributed by atoms with E-state index >= 15 is 0 Å². The van der Waals surface area contributed by atoms with Crippen molar-refractivity contribution in [3.05, 3.63) is 60.4 Å². The second-order valence-electron chi connectivity index (χ2n) is 5.24. The average molecular weight is 293 g/mol. The summed E-state index contributed by atoms with van der Waals surface area (Å²) >= 11 is 0. The van der Waals surface area contributed by atoms with Crippen molar-refractivity contribution in [2.24, 2.45) is 0 Å². The van der Waals surface area contributed by atoms with Crippen molar-refractivity contribution >= 4 is 22.6 Å². The van der Waals surface area contributed by atoms with Gasteiger partial charge in [0.05, 0.1) is 11.0 Å². The molecule has 0 unspecified atom stereocenters. The van der Waals surface area contributed by atoms with Gasteiger partial charge >= 0.3 is 0 Å². The third kappa shape index (κ3) is 2.60. The van der Waals surface area contributed by atoms with Gasteiger partial charge in [-0.2, -0.15) is 0 Å². The number of carbonyl (C=O) groups is 1. The normalized spacial score (nSPS) is 10.8. The number of aromatic nitrogens is 2. The summed E-state index contributed by atoms with van der Waals surface area (Å²) in [5.74, 6) is 0.986. The summed E-state index contributed by atoms with van der Waals surface area (Å²) in [4.78, 5) is 18.9. The van der Waals surface area contributed by atoms with E-state index in [4.69, 9.17) is 0 Å². The first-order valence-electron chi connectivity index (χ1n) is 7.46. The van der Waals surface area contributed by atoms with Gasteiger partial charge in [-0.15, -0.1) is 0 Å². The number of aryl methyl sites for hydroxylation is 1. The lowest BCUT2D eigenvalue weighted by atomic mass is 10.3. The SMILES string of the molecule is CCc1nc2ccccc2n1CC(=O)N(C)c1ccccc1. The number of hydrogen-bond donors (Lipinski definition) is 0. The van der Waals surface area contributed by atoms with Crippen molar-refractivity contribution in [1.29, 1.82) is 0 Å². The average Bonchev–Trinajstić information content (AvgIpc) is 2.93. The Morgan fingerprint density at radius 2 is 1.77 bits per heavy atom. The Morgan fingerprint density at radius 3 is 2.50 bits per heavy atom. The van der Waals surface area contributed by atoms with Crippen LogP contribution < -0.4 is 4.90 Å². The Kier molecular flexibility index (Phi) is 3.92. The maximum absolute atomic E-state index is 12.6. The molecule has 1 aromatic heterocycles. The van der Waals surface area contributed by atoms with Gasteiger partial charge in [-0.25, -0.2) is 4.98 Å². The zero-order valence-corrected chi connectivity index (χ0v) is 12.9. The van der Waals surface area contributed by atoms with Crippen LogP contribution in [0.2, 0.25) is 0 Å². The van der Waals surface area contributed by atoms with Crippen LogP contribution in [0.25, 0.3) is 11.0 Å². The minimum atomic E-state index is 0.0454. The molecule has 22 heavy (non-hydrogen) atoms. The summed E-state index contributed by atoms with van der Waals surface area (Å²) in [6.45, 7) is 2.36. The smallest absolute Gasteiger partial charge is 0.246 e. The van der Waals surface area contributed by atoms with E-state index in [1.807, 2.05) is 66.2 Å². The molecule has 0 aliphatic rings. The van der Waals surface area contributed by atoms with Gasteiger partial charge in [-0.05, 0) is 24.3 Å². The molecule has 1 amide bonds. The quantitative estimate of drug-likeness (QED) is 0.740. The van der Waals surface area contributed by atoms with Crippen molar-refractivity contribution in [3.63, 3.8) is 0 Å². The van der Waals surface area contributed by atoms with Gasteiger partial charge in [0, 0.05) is 19.2 Å². The zero-order chi connectivity index (χ0) is 15.5. The first-order chi connectivity index (χ1) is 10.7. The van der Waals surface area contributed by atoms with Crippen LogP contribution in [0.4, 0.5) is 5.69 Å². The fourth-order valence-electron chi connectivity index (χ4n) is 2.61. The van der Waals surface area contributed by atoms with E-state index in [-0.39, 0.29) is 5.91 Å². The standard InChI is InChI=1S/C18H19N3O/c1-3-17-19-15-11-7-8-12-16(15)21(17)13-18(22)20(2)14-9-5-4-6-10-14/h4-12H,3,13H2,1-2H3. The lowest BCUT2D eigenvalue weighted by Crippen LogP contribution is -2.30. The zero-order valence-electron chi connectivity index (χ0n) is 12.9. The summed E-state index contributed by atoms with van der Waals surface area (Å²) in [7, 11) is 1.81. The molecule has 112 valence electrons. The van der Waals surface area contributed by atoms with Gasteiger partial charge < -0.3 is 9.47 Å². The van der Waals surface area contributed by atoms with Gasteiger partial charge in [0.1, 0.15) is 12.4 Å². The van der Waals surface area contributed by atoms with Crippen molar-refractivity contribution in [3.8, 4) is 0 Å². The highest BCUT2D eigenvalue weighted by molar-refractivity contribution is 5.93. The molecule has 4 nitrogen and oxygen atoms in total. The summed E-state index contributed by atoms with van der Waals surface area (Å²) in [5.41, 5.74) is 2.85. The molecule has 0 N–H and O–H groups in total. The van der Waals surface area contributed by atoms with E-state index in [9.17, 15) is 4.79 Å². The summed E-state index contributed by atoms with van der Waals surface area (Å²) in [5, 5.41) is 0. The Morgan fingerprint density at radius 1 is 1.09 bits per heavy atom. The number of para-hydroxylation sites is 3. The molecular formula is C18H19N3O. The summed E-state index contributed by atoms with van der Waals surface area (Å²) < 4.78 is 2.01. The Hall–Kier alpha value is -2.62. The molecule has 0 saturated carbocycles. The summed E-state index contributed by atoms with van der Waals surface area (Å²) in [6, 6.07) is 17.6. The van der Waals surface area contributed by atoms with Crippen LogP contribution in [0.15, 0.2) is 54.6 Å². The minimum Gasteiger partial charge on any atom is -0.318 e. The fourth-order valence-corrected chi connectivity index (χ4v) is 2.61. The van der Waals surface area contributed by atoms with Crippen LogP contribution in [0.3, 0.4) is 0 Å². The largest absolute Gasteiger partial charge is 0.318 e. The highest BCUT2D eigenvalue weighted by atomic mass is 16.2. The van der Waals surface area contributed by atoms with E-state index < -0.39 is 0 Å². The summed E-state index contributed by atoms with van der Waals surface area (Å²) in [6.07, 6.45) is 0.803. The molecule has 0 saturated heterocycles. The van der Waals surface area contributed by atoms with Gasteiger partial charge in [-0.1, -0.05) is 37.3 Å². The molecular weight excluding hydrogens is 274 g/mol. The molecule has 0 aliphatic heterocycles. The maximum atomic E-state index is 12.6. The van der Waals surface area contributed by atoms with Crippen LogP contribution in [-0.2, 0) is 17.8 Å². The molecule has 0 radical (unpaired) electrons. The number of likely N-dealkylation sites (N-methyl/N-ethyl adjacent to an activating group) is 1. The molecule has 3 aromatic rings. The highest BCUT2D eigenvalue weighted by Gasteiger charge is 2.15. The predicted molar refractivity (Wildman–Crippen MR) is 89.0 cm³/mol. The Balaban J connectivity index is 1.91. The van der Waals surface area contributed by atoms with Crippen molar-refractivity contribution in [1.82, 2.24) is 9.55 Å². The molecule has 0 spiro atoms. The number of rotatable bonds is 4. The molecule has 2 aromatic carbocycles. The molecule has 1 heterocycles. The first-order valence-corrected chi connectivity index (χ1v) is 7.46. The van der Waals surface area contributed by atoms with E-state index in [0.29, 0.717) is 6.54 Å². The van der Waals surface area contributed by atoms with E-state index in [1.165, 1.54) is 0 Å². The topological polar surface area (TPSA) is 38.1 Å². The van der Waals surface area contributed by atoms with Crippen molar-refractivity contribution < 1.29 is 4.79 Å². The minimum absolute atomic E-state index is 0.0454. The van der Waals surface area contributed by atoms with Gasteiger partial charge in [0.15, 0.2) is 0 Å². The van der Waals surface area contributed by atoms with Crippen LogP contribution in [0.5, 0.6) is 0 Å². The number of benzene rings is 2.